The molecule has 6 unspecified atom stereocenters. The Bertz CT molecular complexity index is 1550. The summed E-state index contributed by atoms with van der Waals surface area (Å²) in [6.07, 6.45) is 16.8. The molecule has 0 saturated heterocycles. The third-order valence-electron chi connectivity index (χ3n) is 21.8. The highest BCUT2D eigenvalue weighted by molar-refractivity contribution is 5.02. The fraction of sp³-hybridized carbons (Fsp3) is 1.00. The van der Waals surface area contributed by atoms with Crippen LogP contribution in [0.3, 0.4) is 0 Å². The Morgan fingerprint density at radius 3 is 0.950 bits per heavy atom. The van der Waals surface area contributed by atoms with E-state index in [4.69, 9.17) is 0 Å². The van der Waals surface area contributed by atoms with E-state index < -0.39 is 59.0 Å². The topological polar surface area (TPSA) is 0 Å². The number of halogens is 13. The molecule has 0 aromatic rings. The Morgan fingerprint density at radius 1 is 0.300 bits per heavy atom. The maximum Gasteiger partial charge on any atom is 0.394 e. The molecule has 8 fully saturated rings. The first kappa shape index (κ1) is 77.1. The molecule has 10 atom stereocenters. The van der Waals surface area contributed by atoms with Gasteiger partial charge < -0.3 is 0 Å². The fourth-order valence-corrected chi connectivity index (χ4v) is 13.2. The van der Waals surface area contributed by atoms with Gasteiger partial charge in [-0.25, -0.2) is 17.6 Å². The predicted octanol–water partition coefficient (Wildman–Crippen LogP) is 25.9. The van der Waals surface area contributed by atoms with E-state index in [1.807, 2.05) is 13.8 Å². The summed E-state index contributed by atoms with van der Waals surface area (Å²) in [7, 11) is 0. The van der Waals surface area contributed by atoms with Gasteiger partial charge in [0.1, 0.15) is 12.3 Å². The van der Waals surface area contributed by atoms with Gasteiger partial charge >= 0.3 is 18.5 Å². The highest BCUT2D eigenvalue weighted by atomic mass is 19.4. The number of alkyl halides is 13. The zero-order chi connectivity index (χ0) is 61.8. The SMILES string of the molecule is CC1(C)CCCCC1.CC1C(C)(C(F)(F)F)CCCC1(C)C(F)(F)F.CC1CCC(C)(C)CC1.CC1CCC(C)CC1.CC1CCCC(F)[C@@H]1C.C[C@@H]1CCCCC1(C)C(F)(F)F.C[C@@H]1CCCCC1(F)F.C[C@@H]1CCCCC1F. The van der Waals surface area contributed by atoms with Gasteiger partial charge in [-0.15, -0.1) is 0 Å². The summed E-state index contributed by atoms with van der Waals surface area (Å²) >= 11 is 0. The lowest BCUT2D eigenvalue weighted by atomic mass is 9.55. The van der Waals surface area contributed by atoms with Crippen molar-refractivity contribution in [3.05, 3.63) is 0 Å². The van der Waals surface area contributed by atoms with E-state index in [9.17, 15) is 57.1 Å². The summed E-state index contributed by atoms with van der Waals surface area (Å²) in [4.78, 5) is 0. The first-order valence-corrected chi connectivity index (χ1v) is 32.3. The molecular weight excluding hydrogens is 1050 g/mol. The van der Waals surface area contributed by atoms with Gasteiger partial charge in [0.15, 0.2) is 0 Å². The van der Waals surface area contributed by atoms with Crippen molar-refractivity contribution >= 4 is 0 Å². The molecule has 8 rings (SSSR count). The second kappa shape index (κ2) is 33.8. The molecule has 0 nitrogen and oxygen atoms in total. The predicted molar refractivity (Wildman–Crippen MR) is 310 cm³/mol. The molecule has 0 aliphatic heterocycles. The molecule has 0 radical (unpaired) electrons. The zero-order valence-electron chi connectivity index (χ0n) is 53.7. The van der Waals surface area contributed by atoms with E-state index in [0.29, 0.717) is 47.8 Å². The molecule has 80 heavy (non-hydrogen) atoms. The number of hydrogen-bond acceptors (Lipinski definition) is 0. The first-order valence-electron chi connectivity index (χ1n) is 32.3. The molecule has 0 aromatic carbocycles. The minimum absolute atomic E-state index is 0.0453. The minimum atomic E-state index is -4.60. The van der Waals surface area contributed by atoms with Crippen LogP contribution < -0.4 is 0 Å². The highest BCUT2D eigenvalue weighted by Crippen LogP contribution is 2.62. The standard InChI is InChI=1S/C11H16F6.C9H15F3.C9H18.C8H15F.2C8H16.C7H12F2.C7H13F/c1-7-8(2,10(12,13)14)5-4-6-9(7,3)11(15,16)17;1-7-5-3-4-6-8(7,2)9(10,11)12;1-8-4-6-9(2,3)7-5-8;1-6-4-3-5-8(9)7(6)2;1-7-3-5-8(2)6-4-7;1-8(2)6-4-3-5-7-8;1-6-4-2-3-5-7(6,8)9;1-6-4-2-3-5-7(6)8/h7H,4-6H2,1-3H3;7H,3-6H2,1-2H3;8H,4-7H2,1-3H3;6-8H,3-5H2,1-2H3;7-8H,3-6H2,1-2H3;3-7H2,1-2H3;6H,2-5H2,1H3;6-7H,2-5H2,1H3/t;7-,8?;;6?,7-,8?;;;6-;6-,7?/m.1.1..11/s1. The summed E-state index contributed by atoms with van der Waals surface area (Å²) in [5, 5.41) is 0. The van der Waals surface area contributed by atoms with Crippen LogP contribution in [-0.2, 0) is 0 Å². The summed E-state index contributed by atoms with van der Waals surface area (Å²) in [6.45, 7) is 30.4. The highest BCUT2D eigenvalue weighted by Gasteiger charge is 2.67. The van der Waals surface area contributed by atoms with E-state index >= 15 is 0 Å². The smallest absolute Gasteiger partial charge is 0.247 e. The van der Waals surface area contributed by atoms with Crippen molar-refractivity contribution < 1.29 is 57.1 Å². The first-order chi connectivity index (χ1) is 36.5. The second-order valence-corrected chi connectivity index (χ2v) is 29.9. The third-order valence-corrected chi connectivity index (χ3v) is 21.8. The van der Waals surface area contributed by atoms with Crippen molar-refractivity contribution in [1.82, 2.24) is 0 Å². The minimum Gasteiger partial charge on any atom is -0.247 e. The van der Waals surface area contributed by atoms with Crippen molar-refractivity contribution in [3.63, 3.8) is 0 Å². The van der Waals surface area contributed by atoms with Crippen molar-refractivity contribution in [2.24, 2.45) is 80.3 Å². The lowest BCUT2D eigenvalue weighted by molar-refractivity contribution is -0.309. The summed E-state index contributed by atoms with van der Waals surface area (Å²) < 4.78 is 166. The van der Waals surface area contributed by atoms with Gasteiger partial charge in [0, 0.05) is 12.3 Å². The summed E-state index contributed by atoms with van der Waals surface area (Å²) in [6, 6.07) is 0. The molecule has 0 aromatic heterocycles. The van der Waals surface area contributed by atoms with Crippen LogP contribution in [0.1, 0.15) is 310 Å². The maximum atomic E-state index is 12.9. The van der Waals surface area contributed by atoms with E-state index in [-0.39, 0.29) is 37.5 Å². The van der Waals surface area contributed by atoms with Crippen LogP contribution in [0.5, 0.6) is 0 Å². The van der Waals surface area contributed by atoms with Gasteiger partial charge in [-0.05, 0) is 142 Å². The lowest BCUT2D eigenvalue weighted by Gasteiger charge is -2.51. The van der Waals surface area contributed by atoms with Gasteiger partial charge in [0.2, 0.25) is 0 Å². The van der Waals surface area contributed by atoms with E-state index in [1.165, 1.54) is 103 Å². The molecule has 0 N–H and O–H groups in total. The van der Waals surface area contributed by atoms with E-state index in [2.05, 4.69) is 55.4 Å². The van der Waals surface area contributed by atoms with Crippen LogP contribution >= 0.6 is 0 Å². The largest absolute Gasteiger partial charge is 0.394 e. The normalized spacial score (nSPS) is 37.2. The molecule has 8 aliphatic carbocycles. The molecule has 13 heteroatoms. The van der Waals surface area contributed by atoms with Crippen molar-refractivity contribution in [2.75, 3.05) is 0 Å². The Balaban J connectivity index is 0.000000464. The quantitative estimate of drug-likeness (QED) is 0.212. The molecule has 0 bridgehead atoms. The average Bonchev–Trinajstić information content (AvgIpc) is 3.35. The Kier molecular flexibility index (Phi) is 32.6. The Labute approximate surface area is 482 Å². The molecular formula is C67H121F13. The van der Waals surface area contributed by atoms with Crippen LogP contribution in [0, 0.1) is 80.3 Å². The lowest BCUT2D eigenvalue weighted by Crippen LogP contribution is -2.55. The van der Waals surface area contributed by atoms with Gasteiger partial charge in [0.05, 0.1) is 16.2 Å². The molecule has 0 heterocycles. The second-order valence-electron chi connectivity index (χ2n) is 29.9. The van der Waals surface area contributed by atoms with Crippen molar-refractivity contribution in [2.45, 2.75) is 347 Å². The van der Waals surface area contributed by atoms with Crippen molar-refractivity contribution in [1.29, 1.82) is 0 Å². The van der Waals surface area contributed by atoms with Crippen LogP contribution in [0.2, 0.25) is 0 Å². The molecule has 0 amide bonds. The van der Waals surface area contributed by atoms with Gasteiger partial charge in [-0.2, -0.15) is 39.5 Å². The van der Waals surface area contributed by atoms with E-state index in [0.717, 1.165) is 96.3 Å². The number of hydrogen-bond donors (Lipinski definition) is 0. The molecule has 0 spiro atoms. The van der Waals surface area contributed by atoms with E-state index in [1.54, 1.807) is 13.8 Å². The molecule has 8 saturated carbocycles. The van der Waals surface area contributed by atoms with Gasteiger partial charge in [0.25, 0.3) is 5.92 Å². The summed E-state index contributed by atoms with van der Waals surface area (Å²) in [5.41, 5.74) is -4.60. The molecule has 8 aliphatic rings. The van der Waals surface area contributed by atoms with Crippen LogP contribution in [0.4, 0.5) is 57.1 Å². The van der Waals surface area contributed by atoms with Gasteiger partial charge in [-0.3, -0.25) is 0 Å². The van der Waals surface area contributed by atoms with Gasteiger partial charge in [-0.1, -0.05) is 220 Å². The zero-order valence-corrected chi connectivity index (χ0v) is 53.7. The monoisotopic (exact) mass is 1170 g/mol. The van der Waals surface area contributed by atoms with Crippen LogP contribution in [0.25, 0.3) is 0 Å². The Hall–Kier alpha value is -0.910. The number of rotatable bonds is 0. The Morgan fingerprint density at radius 2 is 0.650 bits per heavy atom. The van der Waals surface area contributed by atoms with Crippen LogP contribution in [-0.4, -0.2) is 36.8 Å². The van der Waals surface area contributed by atoms with Crippen molar-refractivity contribution in [3.8, 4) is 0 Å². The average molecular weight is 1170 g/mol. The van der Waals surface area contributed by atoms with Crippen LogP contribution in [0.15, 0.2) is 0 Å². The maximum absolute atomic E-state index is 12.9. The fourth-order valence-electron chi connectivity index (χ4n) is 13.2. The third kappa shape index (κ3) is 26.0. The summed E-state index contributed by atoms with van der Waals surface area (Å²) in [5.74, 6) is -0.147. The molecule has 480 valence electrons.